The van der Waals surface area contributed by atoms with Crippen LogP contribution in [0.3, 0.4) is 0 Å². The van der Waals surface area contributed by atoms with Crippen LogP contribution in [0.5, 0.6) is 5.75 Å². The molecule has 0 aliphatic heterocycles. The van der Waals surface area contributed by atoms with Crippen LogP contribution in [0.15, 0.2) is 42.5 Å². The monoisotopic (exact) mass is 422 g/mol. The lowest BCUT2D eigenvalue weighted by molar-refractivity contribution is -0.154. The van der Waals surface area contributed by atoms with Crippen molar-refractivity contribution in [1.29, 1.82) is 0 Å². The maximum Gasteiger partial charge on any atom is 0.422 e. The van der Waals surface area contributed by atoms with Crippen LogP contribution in [-0.2, 0) is 6.42 Å². The van der Waals surface area contributed by atoms with Crippen LogP contribution in [0.2, 0.25) is 0 Å². The minimum absolute atomic E-state index is 0.0314. The number of benzene rings is 3. The molecule has 3 rings (SSSR count). The van der Waals surface area contributed by atoms with E-state index in [1.165, 1.54) is 6.07 Å². The molecule has 0 N–H and O–H groups in total. The lowest BCUT2D eigenvalue weighted by atomic mass is 10.0. The first kappa shape index (κ1) is 21.6. The normalized spacial score (nSPS) is 11.3. The number of hydrogen-bond donors (Lipinski definition) is 0. The van der Waals surface area contributed by atoms with Crippen LogP contribution in [0.4, 0.5) is 26.3 Å². The Morgan fingerprint density at radius 3 is 2.23 bits per heavy atom. The highest BCUT2D eigenvalue weighted by Gasteiger charge is 2.29. The first-order valence-electron chi connectivity index (χ1n) is 9.09. The summed E-state index contributed by atoms with van der Waals surface area (Å²) in [5.41, 5.74) is 0.952. The van der Waals surface area contributed by atoms with Crippen LogP contribution in [-0.4, -0.2) is 12.8 Å². The predicted octanol–water partition coefficient (Wildman–Crippen LogP) is 6.55. The van der Waals surface area contributed by atoms with Gasteiger partial charge in [0.15, 0.2) is 24.0 Å². The lowest BCUT2D eigenvalue weighted by Crippen LogP contribution is -2.20. The molecule has 0 atom stereocenters. The van der Waals surface area contributed by atoms with E-state index in [4.69, 9.17) is 0 Å². The molecule has 0 radical (unpaired) electrons. The van der Waals surface area contributed by atoms with Gasteiger partial charge in [0.25, 0.3) is 0 Å². The van der Waals surface area contributed by atoms with E-state index in [0.717, 1.165) is 30.5 Å². The summed E-state index contributed by atoms with van der Waals surface area (Å²) in [6.45, 7) is 0.220. The molecule has 3 aromatic rings. The molecule has 0 aliphatic carbocycles. The fourth-order valence-corrected chi connectivity index (χ4v) is 2.95. The lowest BCUT2D eigenvalue weighted by Gasteiger charge is -2.10. The molecular weight excluding hydrogens is 406 g/mol. The van der Waals surface area contributed by atoms with Gasteiger partial charge in [-0.2, -0.15) is 13.2 Å². The van der Waals surface area contributed by atoms with E-state index in [1.807, 2.05) is 19.1 Å². The highest BCUT2D eigenvalue weighted by atomic mass is 19.4. The number of hydrogen-bond acceptors (Lipinski definition) is 1. The van der Waals surface area contributed by atoms with Crippen molar-refractivity contribution in [1.82, 2.24) is 0 Å². The summed E-state index contributed by atoms with van der Waals surface area (Å²) in [5, 5.41) is 1.09. The maximum absolute atomic E-state index is 14.7. The molecule has 0 spiro atoms. The van der Waals surface area contributed by atoms with Crippen molar-refractivity contribution >= 4 is 10.8 Å². The SMILES string of the molecule is CCCc1ccc2c(F)c(C#Cc3cc(F)c(OCC(F)(F)F)c(F)c3)ccc2c1. The molecule has 0 fully saturated rings. The Morgan fingerprint density at radius 2 is 1.60 bits per heavy atom. The zero-order valence-electron chi connectivity index (χ0n) is 15.8. The summed E-state index contributed by atoms with van der Waals surface area (Å²) >= 11 is 0. The second-order valence-electron chi connectivity index (χ2n) is 6.66. The van der Waals surface area contributed by atoms with Gasteiger partial charge in [0, 0.05) is 10.9 Å². The quantitative estimate of drug-likeness (QED) is 0.342. The number of ether oxygens (including phenoxy) is 1. The van der Waals surface area contributed by atoms with Gasteiger partial charge in [-0.1, -0.05) is 49.5 Å². The summed E-state index contributed by atoms with van der Waals surface area (Å²) in [6.07, 6.45) is -2.90. The molecule has 0 bridgehead atoms. The summed E-state index contributed by atoms with van der Waals surface area (Å²) in [7, 11) is 0. The number of alkyl halides is 3. The Balaban J connectivity index is 1.89. The van der Waals surface area contributed by atoms with E-state index < -0.39 is 36.0 Å². The zero-order valence-corrected chi connectivity index (χ0v) is 15.8. The van der Waals surface area contributed by atoms with Crippen molar-refractivity contribution in [2.75, 3.05) is 6.61 Å². The van der Waals surface area contributed by atoms with Crippen LogP contribution >= 0.6 is 0 Å². The fourth-order valence-electron chi connectivity index (χ4n) is 2.95. The zero-order chi connectivity index (χ0) is 21.9. The van der Waals surface area contributed by atoms with Gasteiger partial charge in [-0.15, -0.1) is 0 Å². The molecule has 0 aromatic heterocycles. The molecule has 3 aromatic carbocycles. The van der Waals surface area contributed by atoms with Gasteiger partial charge in [0.1, 0.15) is 5.82 Å². The topological polar surface area (TPSA) is 9.23 Å². The largest absolute Gasteiger partial charge is 0.478 e. The molecule has 7 heteroatoms. The van der Waals surface area contributed by atoms with Crippen molar-refractivity contribution in [2.45, 2.75) is 25.9 Å². The van der Waals surface area contributed by atoms with Crippen molar-refractivity contribution in [2.24, 2.45) is 0 Å². The molecule has 0 amide bonds. The summed E-state index contributed by atoms with van der Waals surface area (Å²) < 4.78 is 83.3. The Labute approximate surface area is 169 Å². The smallest absolute Gasteiger partial charge is 0.422 e. The van der Waals surface area contributed by atoms with Gasteiger partial charge in [-0.05, 0) is 35.6 Å². The summed E-state index contributed by atoms with van der Waals surface area (Å²) in [6, 6.07) is 10.0. The molecule has 0 saturated carbocycles. The van der Waals surface area contributed by atoms with Gasteiger partial charge >= 0.3 is 6.18 Å². The van der Waals surface area contributed by atoms with E-state index in [0.29, 0.717) is 10.8 Å². The third-order valence-corrected chi connectivity index (χ3v) is 4.28. The number of aryl methyl sites for hydroxylation is 1. The third-order valence-electron chi connectivity index (χ3n) is 4.28. The fraction of sp³-hybridized carbons (Fsp3) is 0.217. The number of halogens is 6. The Hall–Kier alpha value is -3.14. The molecule has 0 heterocycles. The van der Waals surface area contributed by atoms with Gasteiger partial charge in [-0.3, -0.25) is 0 Å². The van der Waals surface area contributed by atoms with Crippen molar-refractivity contribution in [3.05, 3.63) is 76.6 Å². The summed E-state index contributed by atoms with van der Waals surface area (Å²) in [4.78, 5) is 0. The highest BCUT2D eigenvalue weighted by molar-refractivity contribution is 5.85. The first-order chi connectivity index (χ1) is 14.2. The minimum atomic E-state index is -4.73. The van der Waals surface area contributed by atoms with E-state index in [2.05, 4.69) is 16.6 Å². The van der Waals surface area contributed by atoms with Gasteiger partial charge < -0.3 is 4.74 Å². The molecule has 0 aliphatic rings. The average Bonchev–Trinajstić information content (AvgIpc) is 2.66. The molecule has 0 saturated heterocycles. The summed E-state index contributed by atoms with van der Waals surface area (Å²) in [5.74, 6) is 0.586. The van der Waals surface area contributed by atoms with E-state index in [9.17, 15) is 26.3 Å². The van der Waals surface area contributed by atoms with Gasteiger partial charge in [-0.25, -0.2) is 13.2 Å². The predicted molar refractivity (Wildman–Crippen MR) is 102 cm³/mol. The highest BCUT2D eigenvalue weighted by Crippen LogP contribution is 2.26. The minimum Gasteiger partial charge on any atom is -0.478 e. The Kier molecular flexibility index (Phi) is 6.25. The number of fused-ring (bicyclic) bond motifs is 1. The second-order valence-corrected chi connectivity index (χ2v) is 6.66. The van der Waals surface area contributed by atoms with Crippen LogP contribution in [0, 0.1) is 29.3 Å². The van der Waals surface area contributed by atoms with Gasteiger partial charge in [0.2, 0.25) is 0 Å². The van der Waals surface area contributed by atoms with E-state index >= 15 is 0 Å². The van der Waals surface area contributed by atoms with Gasteiger partial charge in [0.05, 0.1) is 5.56 Å². The van der Waals surface area contributed by atoms with Crippen molar-refractivity contribution < 1.29 is 31.1 Å². The first-order valence-corrected chi connectivity index (χ1v) is 9.09. The van der Waals surface area contributed by atoms with Crippen LogP contribution in [0.1, 0.15) is 30.0 Å². The average molecular weight is 422 g/mol. The van der Waals surface area contributed by atoms with Crippen LogP contribution in [0.25, 0.3) is 10.8 Å². The standard InChI is InChI=1S/C23H16F6O/c1-2-3-14-5-9-18-17(10-14)8-7-16(21(18)26)6-4-15-11-19(24)22(20(25)12-15)30-13-23(27,28)29/h5,7-12H,2-3,13H2,1H3. The van der Waals surface area contributed by atoms with E-state index in [-0.39, 0.29) is 11.1 Å². The maximum atomic E-state index is 14.7. The molecule has 156 valence electrons. The Bertz CT molecular complexity index is 1120. The molecule has 0 unspecified atom stereocenters. The molecular formula is C23H16F6O. The second kappa shape index (κ2) is 8.70. The Morgan fingerprint density at radius 1 is 0.900 bits per heavy atom. The van der Waals surface area contributed by atoms with E-state index in [1.54, 1.807) is 12.1 Å². The molecule has 1 nitrogen and oxygen atoms in total. The van der Waals surface area contributed by atoms with Crippen molar-refractivity contribution in [3.63, 3.8) is 0 Å². The molecule has 30 heavy (non-hydrogen) atoms. The third kappa shape index (κ3) is 5.07. The van der Waals surface area contributed by atoms with Crippen LogP contribution < -0.4 is 4.74 Å². The number of rotatable bonds is 4. The van der Waals surface area contributed by atoms with Crippen molar-refractivity contribution in [3.8, 4) is 17.6 Å².